The van der Waals surface area contributed by atoms with Crippen molar-refractivity contribution in [3.8, 4) is 5.75 Å². The Balaban J connectivity index is 2.63. The van der Waals surface area contributed by atoms with E-state index in [0.717, 1.165) is 38.8 Å². The number of nitrogens with zero attached hydrogens (tertiary/aromatic N) is 1. The van der Waals surface area contributed by atoms with Crippen LogP contribution in [0.4, 0.5) is 0 Å². The van der Waals surface area contributed by atoms with Gasteiger partial charge in [0, 0.05) is 18.1 Å². The summed E-state index contributed by atoms with van der Waals surface area (Å²) >= 11 is 5.93. The van der Waals surface area contributed by atoms with E-state index in [1.54, 1.807) is 19.1 Å². The number of unbranched alkanes of at least 4 members (excludes halogenated alkanes) is 2. The maximum atomic E-state index is 12.5. The topological polar surface area (TPSA) is 29.5 Å². The van der Waals surface area contributed by atoms with Crippen LogP contribution in [-0.2, 0) is 4.79 Å². The third-order valence-corrected chi connectivity index (χ3v) is 3.57. The Hall–Kier alpha value is -1.22. The van der Waals surface area contributed by atoms with Crippen LogP contribution >= 0.6 is 11.6 Å². The van der Waals surface area contributed by atoms with E-state index in [2.05, 4.69) is 13.8 Å². The van der Waals surface area contributed by atoms with Crippen molar-refractivity contribution in [3.05, 3.63) is 29.3 Å². The molecule has 0 unspecified atom stereocenters. The molecule has 0 aliphatic rings. The number of halogens is 1. The van der Waals surface area contributed by atoms with Crippen molar-refractivity contribution in [1.82, 2.24) is 4.90 Å². The molecule has 0 saturated carbocycles. The third kappa shape index (κ3) is 6.38. The summed E-state index contributed by atoms with van der Waals surface area (Å²) in [5.74, 6) is 0.686. The maximum Gasteiger partial charge on any atom is 0.263 e. The molecule has 1 amide bonds. The molecule has 21 heavy (non-hydrogen) atoms. The number of amides is 1. The van der Waals surface area contributed by atoms with Crippen LogP contribution in [0.15, 0.2) is 24.3 Å². The second kappa shape index (κ2) is 9.67. The summed E-state index contributed by atoms with van der Waals surface area (Å²) in [6.45, 7) is 7.67. The van der Waals surface area contributed by atoms with E-state index in [0.29, 0.717) is 10.8 Å². The molecule has 0 spiro atoms. The average Bonchev–Trinajstić information content (AvgIpc) is 2.47. The van der Waals surface area contributed by atoms with Gasteiger partial charge in [-0.15, -0.1) is 0 Å². The highest BCUT2D eigenvalue weighted by Gasteiger charge is 2.21. The van der Waals surface area contributed by atoms with Crippen molar-refractivity contribution in [2.75, 3.05) is 13.1 Å². The number of hydrogen-bond acceptors (Lipinski definition) is 2. The Kier molecular flexibility index (Phi) is 8.21. The molecule has 1 atom stereocenters. The van der Waals surface area contributed by atoms with Crippen molar-refractivity contribution >= 4 is 17.5 Å². The highest BCUT2D eigenvalue weighted by Crippen LogP contribution is 2.19. The van der Waals surface area contributed by atoms with E-state index in [1.165, 1.54) is 0 Å². The molecular formula is C17H26ClNO2. The lowest BCUT2D eigenvalue weighted by molar-refractivity contribution is -0.138. The van der Waals surface area contributed by atoms with Crippen LogP contribution in [0.25, 0.3) is 0 Å². The van der Waals surface area contributed by atoms with Gasteiger partial charge < -0.3 is 9.64 Å². The number of carbonyl (C=O) groups is 1. The Labute approximate surface area is 133 Å². The van der Waals surface area contributed by atoms with Crippen molar-refractivity contribution < 1.29 is 9.53 Å². The Bertz CT molecular complexity index is 429. The van der Waals surface area contributed by atoms with Gasteiger partial charge in [0.15, 0.2) is 6.10 Å². The van der Waals surface area contributed by atoms with Crippen molar-refractivity contribution in [3.63, 3.8) is 0 Å². The lowest BCUT2D eigenvalue weighted by Gasteiger charge is -2.26. The summed E-state index contributed by atoms with van der Waals surface area (Å²) < 4.78 is 5.72. The molecule has 0 fully saturated rings. The third-order valence-electron chi connectivity index (χ3n) is 3.33. The summed E-state index contributed by atoms with van der Waals surface area (Å²) in [6, 6.07) is 7.16. The zero-order valence-electron chi connectivity index (χ0n) is 13.3. The van der Waals surface area contributed by atoms with Gasteiger partial charge in [-0.05, 0) is 38.0 Å². The van der Waals surface area contributed by atoms with E-state index in [4.69, 9.17) is 16.3 Å². The van der Waals surface area contributed by atoms with Gasteiger partial charge in [0.05, 0.1) is 0 Å². The van der Waals surface area contributed by atoms with Crippen LogP contribution < -0.4 is 4.74 Å². The van der Waals surface area contributed by atoms with Crippen molar-refractivity contribution in [1.29, 1.82) is 0 Å². The van der Waals surface area contributed by atoms with Crippen LogP contribution in [0.2, 0.25) is 5.02 Å². The van der Waals surface area contributed by atoms with Gasteiger partial charge in [0.1, 0.15) is 5.75 Å². The molecule has 0 aliphatic heterocycles. The van der Waals surface area contributed by atoms with Crippen molar-refractivity contribution in [2.45, 2.75) is 52.6 Å². The van der Waals surface area contributed by atoms with E-state index in [1.807, 2.05) is 17.0 Å². The first-order chi connectivity index (χ1) is 10.1. The van der Waals surface area contributed by atoms with Gasteiger partial charge in [0.25, 0.3) is 5.91 Å². The molecule has 1 aromatic carbocycles. The summed E-state index contributed by atoms with van der Waals surface area (Å²) in [5.41, 5.74) is 0. The lowest BCUT2D eigenvalue weighted by Crippen LogP contribution is -2.41. The fourth-order valence-electron chi connectivity index (χ4n) is 2.08. The van der Waals surface area contributed by atoms with Crippen LogP contribution in [0.1, 0.15) is 46.5 Å². The van der Waals surface area contributed by atoms with E-state index in [-0.39, 0.29) is 5.91 Å². The molecule has 1 rings (SSSR count). The number of rotatable bonds is 9. The van der Waals surface area contributed by atoms with E-state index < -0.39 is 6.10 Å². The first-order valence-corrected chi connectivity index (χ1v) is 8.17. The summed E-state index contributed by atoms with van der Waals surface area (Å²) in [5, 5.41) is 0.612. The van der Waals surface area contributed by atoms with Gasteiger partial charge in [0.2, 0.25) is 0 Å². The second-order valence-electron chi connectivity index (χ2n) is 5.25. The highest BCUT2D eigenvalue weighted by atomic mass is 35.5. The molecule has 4 heteroatoms. The molecule has 0 heterocycles. The van der Waals surface area contributed by atoms with E-state index in [9.17, 15) is 4.79 Å². The largest absolute Gasteiger partial charge is 0.481 e. The Morgan fingerprint density at radius 2 is 1.86 bits per heavy atom. The molecule has 0 N–H and O–H groups in total. The second-order valence-corrected chi connectivity index (χ2v) is 5.69. The molecule has 0 bridgehead atoms. The number of ether oxygens (including phenoxy) is 1. The van der Waals surface area contributed by atoms with Crippen LogP contribution in [0.5, 0.6) is 5.75 Å². The zero-order chi connectivity index (χ0) is 15.7. The number of carbonyl (C=O) groups excluding carboxylic acids is 1. The lowest BCUT2D eigenvalue weighted by atomic mass is 10.2. The normalized spacial score (nSPS) is 12.0. The minimum Gasteiger partial charge on any atom is -0.481 e. The van der Waals surface area contributed by atoms with Crippen LogP contribution in [-0.4, -0.2) is 30.0 Å². The summed E-state index contributed by atoms with van der Waals surface area (Å²) in [7, 11) is 0. The summed E-state index contributed by atoms with van der Waals surface area (Å²) in [6.07, 6.45) is 3.73. The SMILES string of the molecule is CCCCN(CCCC)C(=O)[C@@H](C)Oc1cccc(Cl)c1. The highest BCUT2D eigenvalue weighted by molar-refractivity contribution is 6.30. The van der Waals surface area contributed by atoms with Crippen LogP contribution in [0, 0.1) is 0 Å². The van der Waals surface area contributed by atoms with Gasteiger partial charge in [-0.2, -0.15) is 0 Å². The average molecular weight is 312 g/mol. The fraction of sp³-hybridized carbons (Fsp3) is 0.588. The fourth-order valence-corrected chi connectivity index (χ4v) is 2.26. The first kappa shape index (κ1) is 17.8. The molecule has 0 aliphatic carbocycles. The minimum absolute atomic E-state index is 0.0527. The standard InChI is InChI=1S/C17H26ClNO2/c1-4-6-11-19(12-7-5-2)17(20)14(3)21-16-10-8-9-15(18)13-16/h8-10,13-14H,4-7,11-12H2,1-3H3/t14-/m1/s1. The van der Waals surface area contributed by atoms with Gasteiger partial charge in [-0.1, -0.05) is 44.4 Å². The molecule has 1 aromatic rings. The molecule has 0 saturated heterocycles. The minimum atomic E-state index is -0.489. The number of hydrogen-bond donors (Lipinski definition) is 0. The van der Waals surface area contributed by atoms with Gasteiger partial charge in [-0.25, -0.2) is 0 Å². The maximum absolute atomic E-state index is 12.5. The summed E-state index contributed by atoms with van der Waals surface area (Å²) in [4.78, 5) is 14.4. The number of benzene rings is 1. The zero-order valence-corrected chi connectivity index (χ0v) is 14.0. The van der Waals surface area contributed by atoms with Gasteiger partial charge in [-0.3, -0.25) is 4.79 Å². The smallest absolute Gasteiger partial charge is 0.263 e. The molecule has 0 radical (unpaired) electrons. The molecule has 118 valence electrons. The Morgan fingerprint density at radius 1 is 1.24 bits per heavy atom. The monoisotopic (exact) mass is 311 g/mol. The Morgan fingerprint density at radius 3 is 2.38 bits per heavy atom. The predicted molar refractivity (Wildman–Crippen MR) is 87.9 cm³/mol. The predicted octanol–water partition coefficient (Wildman–Crippen LogP) is 4.54. The molecular weight excluding hydrogens is 286 g/mol. The van der Waals surface area contributed by atoms with Crippen molar-refractivity contribution in [2.24, 2.45) is 0 Å². The molecule has 3 nitrogen and oxygen atoms in total. The van der Waals surface area contributed by atoms with Gasteiger partial charge >= 0.3 is 0 Å². The van der Waals surface area contributed by atoms with E-state index >= 15 is 0 Å². The quantitative estimate of drug-likeness (QED) is 0.670. The molecule has 0 aromatic heterocycles. The van der Waals surface area contributed by atoms with Crippen LogP contribution in [0.3, 0.4) is 0 Å². The first-order valence-electron chi connectivity index (χ1n) is 7.79.